The summed E-state index contributed by atoms with van der Waals surface area (Å²) in [7, 11) is -3.26. The van der Waals surface area contributed by atoms with Gasteiger partial charge in [0.25, 0.3) is 0 Å². The number of phenols is 1. The molecule has 31 heavy (non-hydrogen) atoms. The van der Waals surface area contributed by atoms with E-state index in [1.807, 2.05) is 6.07 Å². The van der Waals surface area contributed by atoms with Crippen molar-refractivity contribution >= 4 is 21.6 Å². The normalized spacial score (nSPS) is 36.3. The number of hydrogen-bond acceptors (Lipinski definition) is 4. The summed E-state index contributed by atoms with van der Waals surface area (Å²) >= 11 is 0. The topological polar surface area (TPSA) is 95.5 Å². The quantitative estimate of drug-likeness (QED) is 0.653. The van der Waals surface area contributed by atoms with E-state index in [1.165, 1.54) is 13.2 Å². The van der Waals surface area contributed by atoms with E-state index in [0.29, 0.717) is 17.5 Å². The van der Waals surface area contributed by atoms with Crippen molar-refractivity contribution in [2.24, 2.45) is 22.7 Å². The van der Waals surface area contributed by atoms with Gasteiger partial charge in [0.15, 0.2) is 0 Å². The average Bonchev–Trinajstić information content (AvgIpc) is 2.90. The van der Waals surface area contributed by atoms with Crippen LogP contribution in [0.1, 0.15) is 71.4 Å². The molecule has 3 aliphatic rings. The van der Waals surface area contributed by atoms with Crippen LogP contribution in [0.25, 0.3) is 0 Å². The van der Waals surface area contributed by atoms with E-state index in [0.717, 1.165) is 43.2 Å². The highest BCUT2D eigenvalue weighted by Crippen LogP contribution is 2.68. The van der Waals surface area contributed by atoms with Crippen LogP contribution in [0.5, 0.6) is 5.75 Å². The standard InChI is InChI=1S/C24H36N2O4S/c1-14(27)25-16-11-15-12-19-23(4)10-8-20(26-31(6,29)30)22(2,3)18(23)7-9-24(19,5)21(15)17(28)13-16/h11,13,18-20,26,28H,7-10,12H2,1-6H3,(H,25,27). The van der Waals surface area contributed by atoms with Crippen molar-refractivity contribution in [1.82, 2.24) is 4.72 Å². The van der Waals surface area contributed by atoms with Crippen LogP contribution in [0, 0.1) is 22.7 Å². The smallest absolute Gasteiger partial charge is 0.221 e. The van der Waals surface area contributed by atoms with E-state index in [-0.39, 0.29) is 33.9 Å². The van der Waals surface area contributed by atoms with Gasteiger partial charge in [-0.25, -0.2) is 13.1 Å². The molecule has 0 heterocycles. The molecule has 4 rings (SSSR count). The fraction of sp³-hybridized carbons (Fsp3) is 0.708. The van der Waals surface area contributed by atoms with Crippen molar-refractivity contribution in [3.05, 3.63) is 23.3 Å². The van der Waals surface area contributed by atoms with Crippen LogP contribution in [0.2, 0.25) is 0 Å². The molecule has 6 nitrogen and oxygen atoms in total. The van der Waals surface area contributed by atoms with E-state index in [2.05, 4.69) is 37.7 Å². The molecule has 1 amide bonds. The van der Waals surface area contributed by atoms with Crippen LogP contribution in [0.3, 0.4) is 0 Å². The summed E-state index contributed by atoms with van der Waals surface area (Å²) < 4.78 is 26.9. The molecule has 0 aromatic heterocycles. The van der Waals surface area contributed by atoms with Gasteiger partial charge in [0, 0.05) is 35.7 Å². The maximum Gasteiger partial charge on any atom is 0.221 e. The summed E-state index contributed by atoms with van der Waals surface area (Å²) in [5.74, 6) is 0.884. The SMILES string of the molecule is CC(=O)Nc1cc(O)c2c(c1)CC1C2(C)CCC2C(C)(C)C(NS(C)(=O)=O)CCC12C. The predicted octanol–water partition coefficient (Wildman–Crippen LogP) is 3.93. The summed E-state index contributed by atoms with van der Waals surface area (Å²) in [6, 6.07) is 3.65. The van der Waals surface area contributed by atoms with Crippen molar-refractivity contribution < 1.29 is 18.3 Å². The van der Waals surface area contributed by atoms with Crippen LogP contribution in [0.4, 0.5) is 5.69 Å². The zero-order valence-electron chi connectivity index (χ0n) is 19.5. The molecule has 2 saturated carbocycles. The van der Waals surface area contributed by atoms with Gasteiger partial charge < -0.3 is 10.4 Å². The van der Waals surface area contributed by atoms with Gasteiger partial charge in [-0.15, -0.1) is 0 Å². The minimum atomic E-state index is -3.26. The fourth-order valence-corrected chi connectivity index (χ4v) is 8.73. The highest BCUT2D eigenvalue weighted by atomic mass is 32.2. The van der Waals surface area contributed by atoms with E-state index in [4.69, 9.17) is 0 Å². The van der Waals surface area contributed by atoms with Crippen LogP contribution >= 0.6 is 0 Å². The number of aromatic hydroxyl groups is 1. The second kappa shape index (κ2) is 6.95. The largest absolute Gasteiger partial charge is 0.508 e. The molecule has 0 radical (unpaired) electrons. The van der Waals surface area contributed by atoms with Gasteiger partial charge in [0.2, 0.25) is 15.9 Å². The lowest BCUT2D eigenvalue weighted by atomic mass is 9.43. The fourth-order valence-electron chi connectivity index (χ4n) is 7.79. The number of anilines is 1. The van der Waals surface area contributed by atoms with Gasteiger partial charge >= 0.3 is 0 Å². The highest BCUT2D eigenvalue weighted by molar-refractivity contribution is 7.88. The Kier molecular flexibility index (Phi) is 5.06. The molecule has 5 atom stereocenters. The van der Waals surface area contributed by atoms with E-state index >= 15 is 0 Å². The minimum absolute atomic E-state index is 0.0474. The van der Waals surface area contributed by atoms with Gasteiger partial charge in [-0.2, -0.15) is 0 Å². The number of carbonyl (C=O) groups is 1. The Bertz CT molecular complexity index is 1030. The van der Waals surface area contributed by atoms with Crippen LogP contribution in [0.15, 0.2) is 12.1 Å². The number of carbonyl (C=O) groups excluding carboxylic acids is 1. The first kappa shape index (κ1) is 22.6. The van der Waals surface area contributed by atoms with Crippen LogP contribution < -0.4 is 10.0 Å². The van der Waals surface area contributed by atoms with Crippen molar-refractivity contribution in [3.8, 4) is 5.75 Å². The van der Waals surface area contributed by atoms with E-state index in [9.17, 15) is 18.3 Å². The Hall–Kier alpha value is -1.60. The number of phenolic OH excluding ortho intramolecular Hbond substituents is 1. The zero-order valence-corrected chi connectivity index (χ0v) is 20.3. The third kappa shape index (κ3) is 3.48. The zero-order chi connectivity index (χ0) is 23.0. The second-order valence-electron chi connectivity index (χ2n) is 11.3. The first-order valence-electron chi connectivity index (χ1n) is 11.3. The third-order valence-electron chi connectivity index (χ3n) is 8.95. The number of amides is 1. The molecule has 7 heteroatoms. The molecule has 0 aliphatic heterocycles. The Balaban J connectivity index is 1.72. The second-order valence-corrected chi connectivity index (χ2v) is 13.1. The van der Waals surface area contributed by atoms with Crippen molar-refractivity contribution in [3.63, 3.8) is 0 Å². The van der Waals surface area contributed by atoms with Crippen LogP contribution in [-0.2, 0) is 26.7 Å². The van der Waals surface area contributed by atoms with Gasteiger partial charge in [0.05, 0.1) is 6.26 Å². The first-order valence-corrected chi connectivity index (χ1v) is 13.2. The first-order chi connectivity index (χ1) is 14.2. The lowest BCUT2D eigenvalue weighted by molar-refractivity contribution is -0.114. The Morgan fingerprint density at radius 3 is 2.39 bits per heavy atom. The van der Waals surface area contributed by atoms with Gasteiger partial charge in [-0.1, -0.05) is 27.7 Å². The summed E-state index contributed by atoms with van der Waals surface area (Å²) in [6.07, 6.45) is 5.87. The van der Waals surface area contributed by atoms with E-state index in [1.54, 1.807) is 6.07 Å². The maximum absolute atomic E-state index is 12.0. The molecule has 172 valence electrons. The third-order valence-corrected chi connectivity index (χ3v) is 9.67. The molecule has 1 aromatic rings. The van der Waals surface area contributed by atoms with Crippen molar-refractivity contribution in [2.75, 3.05) is 11.6 Å². The molecule has 2 fully saturated rings. The average molecular weight is 449 g/mol. The molecule has 3 N–H and O–H groups in total. The molecule has 1 aromatic carbocycles. The Morgan fingerprint density at radius 2 is 1.77 bits per heavy atom. The van der Waals surface area contributed by atoms with Gasteiger partial charge in [0.1, 0.15) is 5.75 Å². The summed E-state index contributed by atoms with van der Waals surface area (Å²) in [5, 5.41) is 13.8. The molecular weight excluding hydrogens is 412 g/mol. The van der Waals surface area contributed by atoms with Crippen molar-refractivity contribution in [1.29, 1.82) is 0 Å². The number of rotatable bonds is 3. The number of sulfonamides is 1. The summed E-state index contributed by atoms with van der Waals surface area (Å²) in [5.41, 5.74) is 2.59. The number of fused-ring (bicyclic) bond motifs is 5. The van der Waals surface area contributed by atoms with E-state index < -0.39 is 10.0 Å². The molecule has 0 spiro atoms. The summed E-state index contributed by atoms with van der Waals surface area (Å²) in [6.45, 7) is 10.6. The van der Waals surface area contributed by atoms with Gasteiger partial charge in [-0.05, 0) is 66.4 Å². The summed E-state index contributed by atoms with van der Waals surface area (Å²) in [4.78, 5) is 11.5. The molecule has 5 unspecified atom stereocenters. The monoisotopic (exact) mass is 448 g/mol. The molecule has 0 saturated heterocycles. The van der Waals surface area contributed by atoms with Crippen LogP contribution in [-0.4, -0.2) is 31.7 Å². The Labute approximate surface area is 186 Å². The Morgan fingerprint density at radius 1 is 1.10 bits per heavy atom. The lowest BCUT2D eigenvalue weighted by Crippen LogP contribution is -2.61. The van der Waals surface area contributed by atoms with Crippen molar-refractivity contribution in [2.45, 2.75) is 78.2 Å². The lowest BCUT2D eigenvalue weighted by Gasteiger charge is -2.63. The number of benzene rings is 1. The number of nitrogens with one attached hydrogen (secondary N) is 2. The molecular formula is C24H36N2O4S. The molecule has 3 aliphatic carbocycles. The number of hydrogen-bond donors (Lipinski definition) is 3. The van der Waals surface area contributed by atoms with Gasteiger partial charge in [-0.3, -0.25) is 4.79 Å². The molecule has 0 bridgehead atoms. The minimum Gasteiger partial charge on any atom is -0.508 e. The predicted molar refractivity (Wildman–Crippen MR) is 123 cm³/mol. The highest BCUT2D eigenvalue weighted by Gasteiger charge is 2.63. The maximum atomic E-state index is 12.0.